The van der Waals surface area contributed by atoms with Crippen LogP contribution >= 0.6 is 0 Å². The largest absolute Gasteiger partial charge is 0.350 e. The average molecular weight is 290 g/mol. The fourth-order valence-electron chi connectivity index (χ4n) is 4.04. The SMILES string of the molecule is CC1CCCC(N)(C(=O)NC2CCCC2n2ccnc2)C1. The number of nitrogens with zero attached hydrogens (tertiary/aromatic N) is 2. The summed E-state index contributed by atoms with van der Waals surface area (Å²) in [4.78, 5) is 16.8. The summed E-state index contributed by atoms with van der Waals surface area (Å²) in [6.07, 6.45) is 12.7. The first kappa shape index (κ1) is 14.6. The molecule has 4 atom stereocenters. The fourth-order valence-corrected chi connectivity index (χ4v) is 4.04. The van der Waals surface area contributed by atoms with Gasteiger partial charge in [-0.05, 0) is 38.0 Å². The van der Waals surface area contributed by atoms with Crippen LogP contribution in [-0.4, -0.2) is 27.0 Å². The number of amides is 1. The van der Waals surface area contributed by atoms with Crippen molar-refractivity contribution < 1.29 is 4.79 Å². The number of hydrogen-bond donors (Lipinski definition) is 2. The molecular weight excluding hydrogens is 264 g/mol. The van der Waals surface area contributed by atoms with Crippen molar-refractivity contribution in [1.82, 2.24) is 14.9 Å². The Morgan fingerprint density at radius 3 is 2.95 bits per heavy atom. The first-order valence-electron chi connectivity index (χ1n) is 8.16. The topological polar surface area (TPSA) is 72.9 Å². The summed E-state index contributed by atoms with van der Waals surface area (Å²) < 4.78 is 2.12. The quantitative estimate of drug-likeness (QED) is 0.894. The molecule has 3 rings (SSSR count). The Labute approximate surface area is 126 Å². The number of carbonyl (C=O) groups is 1. The van der Waals surface area contributed by atoms with E-state index < -0.39 is 5.54 Å². The molecule has 3 N–H and O–H groups in total. The molecule has 2 fully saturated rings. The Bertz CT molecular complexity index is 486. The molecule has 1 aromatic rings. The van der Waals surface area contributed by atoms with Gasteiger partial charge < -0.3 is 15.6 Å². The number of nitrogens with two attached hydrogens (primary N) is 1. The lowest BCUT2D eigenvalue weighted by Gasteiger charge is -2.36. The standard InChI is InChI=1S/C16H26N4O/c1-12-4-3-7-16(17,10-12)15(21)19-13-5-2-6-14(13)20-9-8-18-11-20/h8-9,11-14H,2-7,10,17H2,1H3,(H,19,21). The monoisotopic (exact) mass is 290 g/mol. The molecule has 1 aromatic heterocycles. The van der Waals surface area contributed by atoms with Gasteiger partial charge in [0.1, 0.15) is 0 Å². The van der Waals surface area contributed by atoms with Gasteiger partial charge >= 0.3 is 0 Å². The van der Waals surface area contributed by atoms with Gasteiger partial charge in [0.05, 0.1) is 17.9 Å². The van der Waals surface area contributed by atoms with E-state index in [0.29, 0.717) is 12.0 Å². The molecule has 1 heterocycles. The highest BCUT2D eigenvalue weighted by Crippen LogP contribution is 2.33. The number of hydrogen-bond acceptors (Lipinski definition) is 3. The van der Waals surface area contributed by atoms with Crippen LogP contribution in [-0.2, 0) is 4.79 Å². The Hall–Kier alpha value is -1.36. The van der Waals surface area contributed by atoms with Gasteiger partial charge in [0.15, 0.2) is 0 Å². The predicted octanol–water partition coefficient (Wildman–Crippen LogP) is 2.00. The van der Waals surface area contributed by atoms with Crippen LogP contribution in [0.3, 0.4) is 0 Å². The lowest BCUT2D eigenvalue weighted by molar-refractivity contribution is -0.129. The van der Waals surface area contributed by atoms with Gasteiger partial charge in [0.25, 0.3) is 0 Å². The molecule has 2 saturated carbocycles. The first-order chi connectivity index (χ1) is 10.1. The van der Waals surface area contributed by atoms with Crippen LogP contribution in [0, 0.1) is 5.92 Å². The highest BCUT2D eigenvalue weighted by Gasteiger charge is 2.40. The summed E-state index contributed by atoms with van der Waals surface area (Å²) >= 11 is 0. The fraction of sp³-hybridized carbons (Fsp3) is 0.750. The van der Waals surface area contributed by atoms with Crippen molar-refractivity contribution in [2.24, 2.45) is 11.7 Å². The van der Waals surface area contributed by atoms with Crippen LogP contribution in [0.4, 0.5) is 0 Å². The molecule has 2 aliphatic carbocycles. The first-order valence-corrected chi connectivity index (χ1v) is 8.16. The molecule has 21 heavy (non-hydrogen) atoms. The third-order valence-electron chi connectivity index (χ3n) is 5.19. The normalized spacial score (nSPS) is 36.6. The number of rotatable bonds is 3. The molecule has 0 aromatic carbocycles. The maximum atomic E-state index is 12.7. The summed E-state index contributed by atoms with van der Waals surface area (Å²) in [5, 5.41) is 3.24. The van der Waals surface area contributed by atoms with Gasteiger partial charge in [-0.3, -0.25) is 4.79 Å². The minimum atomic E-state index is -0.667. The summed E-state index contributed by atoms with van der Waals surface area (Å²) in [6, 6.07) is 0.505. The maximum Gasteiger partial charge on any atom is 0.240 e. The molecule has 2 aliphatic rings. The van der Waals surface area contributed by atoms with Crippen molar-refractivity contribution >= 4 is 5.91 Å². The van der Waals surface area contributed by atoms with Gasteiger partial charge in [-0.2, -0.15) is 0 Å². The average Bonchev–Trinajstić information content (AvgIpc) is 3.08. The summed E-state index contributed by atoms with van der Waals surface area (Å²) in [5.41, 5.74) is 5.74. The summed E-state index contributed by atoms with van der Waals surface area (Å²) in [7, 11) is 0. The second-order valence-electron chi connectivity index (χ2n) is 6.95. The number of imidazole rings is 1. The van der Waals surface area contributed by atoms with E-state index in [0.717, 1.165) is 38.5 Å². The van der Waals surface area contributed by atoms with Gasteiger partial charge in [-0.15, -0.1) is 0 Å². The number of carbonyl (C=O) groups excluding carboxylic acids is 1. The lowest BCUT2D eigenvalue weighted by Crippen LogP contribution is -2.58. The molecule has 0 bridgehead atoms. The third-order valence-corrected chi connectivity index (χ3v) is 5.19. The molecule has 4 unspecified atom stereocenters. The molecule has 0 spiro atoms. The maximum absolute atomic E-state index is 12.7. The van der Waals surface area contributed by atoms with Crippen LogP contribution < -0.4 is 11.1 Å². The molecular formula is C16H26N4O. The van der Waals surface area contributed by atoms with Gasteiger partial charge in [0.2, 0.25) is 5.91 Å². The minimum Gasteiger partial charge on any atom is -0.350 e. The summed E-state index contributed by atoms with van der Waals surface area (Å²) in [5.74, 6) is 0.591. The van der Waals surface area contributed by atoms with Crippen LogP contribution in [0.15, 0.2) is 18.7 Å². The molecule has 0 saturated heterocycles. The van der Waals surface area contributed by atoms with Crippen LogP contribution in [0.1, 0.15) is 57.9 Å². The van der Waals surface area contributed by atoms with Crippen molar-refractivity contribution in [1.29, 1.82) is 0 Å². The van der Waals surface area contributed by atoms with E-state index in [4.69, 9.17) is 5.73 Å². The van der Waals surface area contributed by atoms with E-state index in [9.17, 15) is 4.79 Å². The third kappa shape index (κ3) is 2.98. The molecule has 1 amide bonds. The van der Waals surface area contributed by atoms with Gasteiger partial charge in [-0.25, -0.2) is 4.98 Å². The van der Waals surface area contributed by atoms with E-state index in [-0.39, 0.29) is 11.9 Å². The second kappa shape index (κ2) is 5.79. The van der Waals surface area contributed by atoms with Crippen molar-refractivity contribution in [3.05, 3.63) is 18.7 Å². The van der Waals surface area contributed by atoms with E-state index in [1.807, 2.05) is 12.5 Å². The van der Waals surface area contributed by atoms with Gasteiger partial charge in [-0.1, -0.05) is 19.8 Å². The zero-order valence-corrected chi connectivity index (χ0v) is 12.8. The van der Waals surface area contributed by atoms with Crippen molar-refractivity contribution in [2.75, 3.05) is 0 Å². The van der Waals surface area contributed by atoms with Crippen LogP contribution in [0.2, 0.25) is 0 Å². The number of nitrogens with one attached hydrogen (secondary N) is 1. The minimum absolute atomic E-state index is 0.0473. The Kier molecular flexibility index (Phi) is 4.02. The van der Waals surface area contributed by atoms with E-state index in [2.05, 4.69) is 21.8 Å². The molecule has 5 heteroatoms. The predicted molar refractivity (Wildman–Crippen MR) is 81.6 cm³/mol. The highest BCUT2D eigenvalue weighted by molar-refractivity contribution is 5.86. The number of aromatic nitrogens is 2. The molecule has 0 aliphatic heterocycles. The molecule has 116 valence electrons. The zero-order valence-electron chi connectivity index (χ0n) is 12.8. The smallest absolute Gasteiger partial charge is 0.240 e. The van der Waals surface area contributed by atoms with Crippen LogP contribution in [0.25, 0.3) is 0 Å². The second-order valence-corrected chi connectivity index (χ2v) is 6.95. The molecule has 0 radical (unpaired) electrons. The Balaban J connectivity index is 1.66. The van der Waals surface area contributed by atoms with Gasteiger partial charge in [0, 0.05) is 18.4 Å². The zero-order chi connectivity index (χ0) is 14.9. The van der Waals surface area contributed by atoms with Crippen molar-refractivity contribution in [3.8, 4) is 0 Å². The Morgan fingerprint density at radius 2 is 2.24 bits per heavy atom. The van der Waals surface area contributed by atoms with E-state index >= 15 is 0 Å². The van der Waals surface area contributed by atoms with E-state index in [1.165, 1.54) is 6.42 Å². The summed E-state index contributed by atoms with van der Waals surface area (Å²) in [6.45, 7) is 2.19. The van der Waals surface area contributed by atoms with Crippen molar-refractivity contribution in [2.45, 2.75) is 69.5 Å². The van der Waals surface area contributed by atoms with Crippen molar-refractivity contribution in [3.63, 3.8) is 0 Å². The van der Waals surface area contributed by atoms with Crippen LogP contribution in [0.5, 0.6) is 0 Å². The highest BCUT2D eigenvalue weighted by atomic mass is 16.2. The Morgan fingerprint density at radius 1 is 1.38 bits per heavy atom. The van der Waals surface area contributed by atoms with E-state index in [1.54, 1.807) is 6.20 Å². The molecule has 5 nitrogen and oxygen atoms in total. The lowest BCUT2D eigenvalue weighted by atomic mass is 9.76.